The molecule has 2 N–H and O–H groups in total. The number of aliphatic carboxylic acids is 1. The van der Waals surface area contributed by atoms with Crippen molar-refractivity contribution in [3.8, 4) is 6.07 Å². The molecule has 0 aliphatic rings. The maximum atomic E-state index is 12.0. The number of rotatable bonds is 9. The largest absolute Gasteiger partial charge is 0.480 e. The van der Waals surface area contributed by atoms with Crippen molar-refractivity contribution in [2.24, 2.45) is 5.92 Å². The number of nitriles is 1. The second kappa shape index (κ2) is 10.0. The van der Waals surface area contributed by atoms with E-state index >= 15 is 0 Å². The molecule has 0 heterocycles. The zero-order valence-electron chi connectivity index (χ0n) is 12.3. The van der Waals surface area contributed by atoms with E-state index in [1.54, 1.807) is 0 Å². The van der Waals surface area contributed by atoms with E-state index in [0.717, 1.165) is 0 Å². The number of nitrogens with zero attached hydrogens (tertiary/aromatic N) is 2. The van der Waals surface area contributed by atoms with Gasteiger partial charge in [0.2, 0.25) is 0 Å². The van der Waals surface area contributed by atoms with Crippen LogP contribution >= 0.6 is 0 Å². The molecule has 0 saturated heterocycles. The zero-order valence-corrected chi connectivity index (χ0v) is 12.3. The van der Waals surface area contributed by atoms with Crippen molar-refractivity contribution in [3.63, 3.8) is 0 Å². The summed E-state index contributed by atoms with van der Waals surface area (Å²) in [5, 5.41) is 20.2. The number of nitrogens with one attached hydrogen (secondary N) is 1. The van der Waals surface area contributed by atoms with Crippen LogP contribution in [0.25, 0.3) is 0 Å². The predicted octanol–water partition coefficient (Wildman–Crippen LogP) is 1.06. The van der Waals surface area contributed by atoms with E-state index in [1.165, 1.54) is 12.0 Å². The maximum Gasteiger partial charge on any atom is 0.326 e. The van der Waals surface area contributed by atoms with Crippen LogP contribution < -0.4 is 5.32 Å². The van der Waals surface area contributed by atoms with Crippen molar-refractivity contribution in [1.29, 1.82) is 5.26 Å². The molecule has 0 fully saturated rings. The van der Waals surface area contributed by atoms with Gasteiger partial charge in [-0.15, -0.1) is 0 Å². The molecule has 0 saturated carbocycles. The topological polar surface area (TPSA) is 103 Å². The number of carbonyl (C=O) groups excluding carboxylic acids is 1. The minimum Gasteiger partial charge on any atom is -0.480 e. The summed E-state index contributed by atoms with van der Waals surface area (Å²) in [6.07, 6.45) is 0.552. The first-order valence-corrected chi connectivity index (χ1v) is 6.56. The van der Waals surface area contributed by atoms with Crippen LogP contribution in [0.1, 0.15) is 26.7 Å². The Labute approximate surface area is 119 Å². The molecule has 7 heteroatoms. The lowest BCUT2D eigenvalue weighted by atomic mass is 10.0. The highest BCUT2D eigenvalue weighted by atomic mass is 16.5. The number of amides is 2. The van der Waals surface area contributed by atoms with Gasteiger partial charge in [-0.1, -0.05) is 13.8 Å². The molecular formula is C13H23N3O4. The highest BCUT2D eigenvalue weighted by molar-refractivity contribution is 5.82. The Kier molecular flexibility index (Phi) is 9.13. The Hall–Kier alpha value is -1.81. The van der Waals surface area contributed by atoms with Crippen molar-refractivity contribution < 1.29 is 19.4 Å². The van der Waals surface area contributed by atoms with Gasteiger partial charge >= 0.3 is 12.0 Å². The fourth-order valence-corrected chi connectivity index (χ4v) is 1.63. The average Bonchev–Trinajstić information content (AvgIpc) is 2.37. The van der Waals surface area contributed by atoms with E-state index in [-0.39, 0.29) is 18.9 Å². The number of carboxylic acid groups (broad SMARTS) is 1. The Morgan fingerprint density at radius 3 is 2.50 bits per heavy atom. The molecule has 20 heavy (non-hydrogen) atoms. The first-order chi connectivity index (χ1) is 9.42. The van der Waals surface area contributed by atoms with Crippen LogP contribution in [0.15, 0.2) is 0 Å². The van der Waals surface area contributed by atoms with Gasteiger partial charge in [0.1, 0.15) is 6.04 Å². The second-order valence-corrected chi connectivity index (χ2v) is 4.86. The van der Waals surface area contributed by atoms with E-state index in [4.69, 9.17) is 15.1 Å². The van der Waals surface area contributed by atoms with Gasteiger partial charge in [0, 0.05) is 20.2 Å². The van der Waals surface area contributed by atoms with Crippen LogP contribution in [0.2, 0.25) is 0 Å². The van der Waals surface area contributed by atoms with E-state index in [9.17, 15) is 9.59 Å². The van der Waals surface area contributed by atoms with E-state index < -0.39 is 18.0 Å². The summed E-state index contributed by atoms with van der Waals surface area (Å²) in [5.41, 5.74) is 0. The Balaban J connectivity index is 4.60. The smallest absolute Gasteiger partial charge is 0.326 e. The molecule has 114 valence electrons. The summed E-state index contributed by atoms with van der Waals surface area (Å²) in [6.45, 7) is 4.68. The third kappa shape index (κ3) is 7.59. The number of urea groups is 1. The molecule has 0 aliphatic carbocycles. The van der Waals surface area contributed by atoms with Gasteiger partial charge in [0.05, 0.1) is 19.1 Å². The minimum absolute atomic E-state index is 0.155. The van der Waals surface area contributed by atoms with Crippen LogP contribution in [0.4, 0.5) is 4.79 Å². The lowest BCUT2D eigenvalue weighted by Crippen LogP contribution is -2.49. The van der Waals surface area contributed by atoms with Gasteiger partial charge in [0.25, 0.3) is 0 Å². The van der Waals surface area contributed by atoms with Gasteiger partial charge in [0.15, 0.2) is 0 Å². The van der Waals surface area contributed by atoms with Crippen molar-refractivity contribution in [2.45, 2.75) is 32.7 Å². The third-order valence-corrected chi connectivity index (χ3v) is 2.65. The van der Waals surface area contributed by atoms with Crippen molar-refractivity contribution in [2.75, 3.05) is 26.8 Å². The molecule has 2 amide bonds. The first-order valence-electron chi connectivity index (χ1n) is 6.56. The van der Waals surface area contributed by atoms with Crippen LogP contribution in [0.5, 0.6) is 0 Å². The van der Waals surface area contributed by atoms with Gasteiger partial charge in [-0.25, -0.2) is 9.59 Å². The lowest BCUT2D eigenvalue weighted by molar-refractivity contribution is -0.139. The molecule has 1 unspecified atom stereocenters. The molecule has 0 aromatic heterocycles. The number of methoxy groups -OCH3 is 1. The van der Waals surface area contributed by atoms with Gasteiger partial charge in [-0.3, -0.25) is 0 Å². The highest BCUT2D eigenvalue weighted by Crippen LogP contribution is 2.06. The van der Waals surface area contributed by atoms with Gasteiger partial charge < -0.3 is 20.1 Å². The van der Waals surface area contributed by atoms with Crippen molar-refractivity contribution in [3.05, 3.63) is 0 Å². The zero-order chi connectivity index (χ0) is 15.5. The maximum absolute atomic E-state index is 12.0. The summed E-state index contributed by atoms with van der Waals surface area (Å²) in [4.78, 5) is 24.5. The lowest BCUT2D eigenvalue weighted by Gasteiger charge is -2.24. The average molecular weight is 285 g/mol. The number of hydrogen-bond donors (Lipinski definition) is 2. The molecule has 0 radical (unpaired) electrons. The number of carbonyl (C=O) groups is 2. The van der Waals surface area contributed by atoms with E-state index in [0.29, 0.717) is 19.6 Å². The Morgan fingerprint density at radius 2 is 2.05 bits per heavy atom. The molecule has 0 aromatic carbocycles. The summed E-state index contributed by atoms with van der Waals surface area (Å²) in [5.74, 6) is -0.901. The minimum atomic E-state index is -1.06. The van der Waals surface area contributed by atoms with Crippen LogP contribution in [0.3, 0.4) is 0 Å². The fourth-order valence-electron chi connectivity index (χ4n) is 1.63. The Bertz CT molecular complexity index is 352. The van der Waals surface area contributed by atoms with Gasteiger partial charge in [-0.05, 0) is 12.3 Å². The number of carboxylic acids is 1. The summed E-state index contributed by atoms with van der Waals surface area (Å²) in [7, 11) is 1.51. The number of hydrogen-bond acceptors (Lipinski definition) is 4. The van der Waals surface area contributed by atoms with Crippen molar-refractivity contribution in [1.82, 2.24) is 10.2 Å². The summed E-state index contributed by atoms with van der Waals surface area (Å²) < 4.78 is 4.90. The van der Waals surface area contributed by atoms with Crippen LogP contribution in [-0.4, -0.2) is 54.9 Å². The molecule has 7 nitrogen and oxygen atoms in total. The second-order valence-electron chi connectivity index (χ2n) is 4.86. The predicted molar refractivity (Wildman–Crippen MR) is 73.1 cm³/mol. The monoisotopic (exact) mass is 285 g/mol. The summed E-state index contributed by atoms with van der Waals surface area (Å²) >= 11 is 0. The first kappa shape index (κ1) is 18.2. The van der Waals surface area contributed by atoms with Crippen molar-refractivity contribution >= 4 is 12.0 Å². The molecule has 0 spiro atoms. The molecule has 0 bridgehead atoms. The normalized spacial score (nSPS) is 11.8. The highest BCUT2D eigenvalue weighted by Gasteiger charge is 2.23. The van der Waals surface area contributed by atoms with Gasteiger partial charge in [-0.2, -0.15) is 5.26 Å². The molecule has 0 rings (SSSR count). The molecular weight excluding hydrogens is 262 g/mol. The standard InChI is InChI=1S/C13H23N3O4/c1-10(2)9-11(12(17)18)15-13(19)16(6-4-5-14)7-8-20-3/h10-11H,4,6-9H2,1-3H3,(H,15,19)(H,17,18). The third-order valence-electron chi connectivity index (χ3n) is 2.65. The van der Waals surface area contributed by atoms with E-state index in [2.05, 4.69) is 5.32 Å². The van der Waals surface area contributed by atoms with E-state index in [1.807, 2.05) is 19.9 Å². The molecule has 0 aliphatic heterocycles. The summed E-state index contributed by atoms with van der Waals surface area (Å²) in [6, 6.07) is 0.556. The Morgan fingerprint density at radius 1 is 1.40 bits per heavy atom. The van der Waals surface area contributed by atoms with Crippen LogP contribution in [-0.2, 0) is 9.53 Å². The SMILES string of the molecule is COCCN(CCC#N)C(=O)NC(CC(C)C)C(=O)O. The van der Waals surface area contributed by atoms with Crippen LogP contribution in [0, 0.1) is 17.2 Å². The quantitative estimate of drug-likeness (QED) is 0.659. The number of ether oxygens (including phenoxy) is 1. The molecule has 1 atom stereocenters. The fraction of sp³-hybridized carbons (Fsp3) is 0.769. The molecule has 0 aromatic rings.